The molecule has 1 N–H and O–H groups in total. The first-order chi connectivity index (χ1) is 9.38. The van der Waals surface area contributed by atoms with Crippen LogP contribution < -0.4 is 0 Å². The van der Waals surface area contributed by atoms with E-state index in [-0.39, 0.29) is 6.54 Å². The van der Waals surface area contributed by atoms with Crippen molar-refractivity contribution in [2.45, 2.75) is 6.54 Å². The minimum atomic E-state index is -1.47. The van der Waals surface area contributed by atoms with E-state index in [9.17, 15) is 14.9 Å². The number of carbonyl (C=O) groups is 1. The predicted octanol–water partition coefficient (Wildman–Crippen LogP) is 2.84. The average molecular weight is 316 g/mol. The fourth-order valence-electron chi connectivity index (χ4n) is 1.62. The van der Waals surface area contributed by atoms with Gasteiger partial charge in [-0.2, -0.15) is 5.10 Å². The molecule has 20 heavy (non-hydrogen) atoms. The first kappa shape index (κ1) is 14.3. The van der Waals surface area contributed by atoms with Crippen molar-refractivity contribution in [3.63, 3.8) is 0 Å². The second-order valence-corrected chi connectivity index (χ2v) is 4.70. The van der Waals surface area contributed by atoms with Crippen LogP contribution in [0.2, 0.25) is 10.0 Å². The minimum absolute atomic E-state index is 0.0769. The van der Waals surface area contributed by atoms with Crippen LogP contribution in [-0.4, -0.2) is 25.8 Å². The van der Waals surface area contributed by atoms with E-state index in [4.69, 9.17) is 28.3 Å². The van der Waals surface area contributed by atoms with Crippen molar-refractivity contribution in [3.05, 3.63) is 55.8 Å². The fourth-order valence-corrected chi connectivity index (χ4v) is 1.99. The lowest BCUT2D eigenvalue weighted by atomic mass is 10.2. The normalized spacial score (nSPS) is 10.5. The Morgan fingerprint density at radius 2 is 2.15 bits per heavy atom. The number of nitro groups is 1. The Hall–Kier alpha value is -2.12. The highest BCUT2D eigenvalue weighted by atomic mass is 35.5. The van der Waals surface area contributed by atoms with Crippen LogP contribution in [0.5, 0.6) is 0 Å². The van der Waals surface area contributed by atoms with Gasteiger partial charge in [-0.15, -0.1) is 0 Å². The molecule has 7 nitrogen and oxygen atoms in total. The van der Waals surface area contributed by atoms with Gasteiger partial charge >= 0.3 is 11.7 Å². The van der Waals surface area contributed by atoms with Crippen molar-refractivity contribution in [3.8, 4) is 0 Å². The Balaban J connectivity index is 2.39. The van der Waals surface area contributed by atoms with Crippen molar-refractivity contribution in [2.24, 2.45) is 0 Å². The van der Waals surface area contributed by atoms with Crippen LogP contribution in [0.3, 0.4) is 0 Å². The summed E-state index contributed by atoms with van der Waals surface area (Å²) in [5, 5.41) is 24.1. The van der Waals surface area contributed by atoms with Gasteiger partial charge in [0.2, 0.25) is 5.69 Å². The van der Waals surface area contributed by atoms with Crippen LogP contribution in [0.25, 0.3) is 0 Å². The highest BCUT2D eigenvalue weighted by Crippen LogP contribution is 2.23. The second kappa shape index (κ2) is 5.48. The van der Waals surface area contributed by atoms with E-state index in [0.717, 1.165) is 10.9 Å². The van der Waals surface area contributed by atoms with Crippen LogP contribution in [0.4, 0.5) is 5.69 Å². The van der Waals surface area contributed by atoms with Gasteiger partial charge in [0.25, 0.3) is 0 Å². The summed E-state index contributed by atoms with van der Waals surface area (Å²) in [7, 11) is 0. The molecule has 0 aliphatic heterocycles. The van der Waals surface area contributed by atoms with Crippen molar-refractivity contribution >= 4 is 34.9 Å². The number of benzene rings is 1. The van der Waals surface area contributed by atoms with E-state index in [2.05, 4.69) is 5.10 Å². The Labute approximate surface area is 122 Å². The molecule has 0 saturated heterocycles. The zero-order valence-corrected chi connectivity index (χ0v) is 11.3. The lowest BCUT2D eigenvalue weighted by Gasteiger charge is -2.04. The molecule has 0 radical (unpaired) electrons. The maximum Gasteiger partial charge on any atom is 0.363 e. The van der Waals surface area contributed by atoms with E-state index >= 15 is 0 Å². The summed E-state index contributed by atoms with van der Waals surface area (Å²) in [5.41, 5.74) is -0.614. The summed E-state index contributed by atoms with van der Waals surface area (Å²) in [6.45, 7) is 0.0769. The average Bonchev–Trinajstić information content (AvgIpc) is 2.78. The standard InChI is InChI=1S/C11H7Cl2N3O4/c12-7-1-2-8(13)6(3-7)4-15-5-9(16(19)20)10(14-15)11(17)18/h1-3,5H,4H2,(H,17,18). The smallest absolute Gasteiger partial charge is 0.363 e. The highest BCUT2D eigenvalue weighted by molar-refractivity contribution is 6.33. The topological polar surface area (TPSA) is 98.3 Å². The van der Waals surface area contributed by atoms with Crippen LogP contribution in [-0.2, 0) is 6.54 Å². The maximum absolute atomic E-state index is 10.9. The van der Waals surface area contributed by atoms with Crippen molar-refractivity contribution < 1.29 is 14.8 Å². The summed E-state index contributed by atoms with van der Waals surface area (Å²) >= 11 is 11.8. The molecule has 0 saturated carbocycles. The third kappa shape index (κ3) is 2.89. The molecular weight excluding hydrogens is 309 g/mol. The quantitative estimate of drug-likeness (QED) is 0.691. The third-order valence-electron chi connectivity index (χ3n) is 2.48. The fraction of sp³-hybridized carbons (Fsp3) is 0.0909. The summed E-state index contributed by atoms with van der Waals surface area (Å²) in [4.78, 5) is 20.8. The SMILES string of the molecule is O=C(O)c1nn(Cc2cc(Cl)ccc2Cl)cc1[N+](=O)[O-]. The van der Waals surface area contributed by atoms with Crippen LogP contribution in [0.1, 0.15) is 16.1 Å². The lowest BCUT2D eigenvalue weighted by Crippen LogP contribution is -2.05. The zero-order valence-electron chi connectivity index (χ0n) is 9.79. The van der Waals surface area contributed by atoms with Crippen LogP contribution >= 0.6 is 23.2 Å². The molecule has 104 valence electrons. The first-order valence-corrected chi connectivity index (χ1v) is 6.03. The van der Waals surface area contributed by atoms with Crippen LogP contribution in [0, 0.1) is 10.1 Å². The molecular formula is C11H7Cl2N3O4. The number of aromatic nitrogens is 2. The molecule has 1 heterocycles. The van der Waals surface area contributed by atoms with Gasteiger partial charge in [-0.3, -0.25) is 14.8 Å². The first-order valence-electron chi connectivity index (χ1n) is 5.27. The third-order valence-corrected chi connectivity index (χ3v) is 3.09. The lowest BCUT2D eigenvalue weighted by molar-refractivity contribution is -0.385. The van der Waals surface area contributed by atoms with E-state index < -0.39 is 22.3 Å². The molecule has 0 fully saturated rings. The van der Waals surface area contributed by atoms with Gasteiger partial charge in [0.1, 0.15) is 6.20 Å². The maximum atomic E-state index is 10.9. The molecule has 0 bridgehead atoms. The minimum Gasteiger partial charge on any atom is -0.476 e. The van der Waals surface area contributed by atoms with Gasteiger partial charge in [-0.1, -0.05) is 23.2 Å². The predicted molar refractivity (Wildman–Crippen MR) is 71.4 cm³/mol. The van der Waals surface area contributed by atoms with Gasteiger partial charge in [0.05, 0.1) is 11.5 Å². The van der Waals surface area contributed by atoms with Gasteiger partial charge in [0, 0.05) is 10.0 Å². The molecule has 0 amide bonds. The van der Waals surface area contributed by atoms with Crippen molar-refractivity contribution in [1.29, 1.82) is 0 Å². The van der Waals surface area contributed by atoms with E-state index in [1.54, 1.807) is 18.2 Å². The number of hydrogen-bond donors (Lipinski definition) is 1. The molecule has 1 aromatic carbocycles. The molecule has 0 aliphatic rings. The van der Waals surface area contributed by atoms with E-state index in [1.807, 2.05) is 0 Å². The van der Waals surface area contributed by atoms with E-state index in [1.165, 1.54) is 0 Å². The summed E-state index contributed by atoms with van der Waals surface area (Å²) < 4.78 is 1.14. The van der Waals surface area contributed by atoms with Gasteiger partial charge in [0.15, 0.2) is 0 Å². The van der Waals surface area contributed by atoms with Crippen molar-refractivity contribution in [2.75, 3.05) is 0 Å². The largest absolute Gasteiger partial charge is 0.476 e. The number of nitrogens with zero attached hydrogens (tertiary/aromatic N) is 3. The Bertz CT molecular complexity index is 667. The van der Waals surface area contributed by atoms with E-state index in [0.29, 0.717) is 15.6 Å². The highest BCUT2D eigenvalue weighted by Gasteiger charge is 2.25. The molecule has 1 aromatic heterocycles. The number of aromatic carboxylic acids is 1. The Morgan fingerprint density at radius 1 is 1.45 bits per heavy atom. The Kier molecular flexibility index (Phi) is 3.91. The van der Waals surface area contributed by atoms with Crippen molar-refractivity contribution in [1.82, 2.24) is 9.78 Å². The number of carboxylic acids is 1. The van der Waals surface area contributed by atoms with Gasteiger partial charge in [-0.25, -0.2) is 4.79 Å². The molecule has 2 aromatic rings. The molecule has 2 rings (SSSR count). The number of rotatable bonds is 4. The summed E-state index contributed by atoms with van der Waals surface area (Å²) in [6, 6.07) is 4.76. The Morgan fingerprint density at radius 3 is 2.70 bits per heavy atom. The number of carboxylic acid groups (broad SMARTS) is 1. The number of hydrogen-bond acceptors (Lipinski definition) is 4. The van der Waals surface area contributed by atoms with Gasteiger partial charge in [-0.05, 0) is 23.8 Å². The molecule has 0 spiro atoms. The molecule has 9 heteroatoms. The molecule has 0 unspecified atom stereocenters. The monoisotopic (exact) mass is 315 g/mol. The second-order valence-electron chi connectivity index (χ2n) is 3.86. The van der Waals surface area contributed by atoms with Crippen LogP contribution in [0.15, 0.2) is 24.4 Å². The zero-order chi connectivity index (χ0) is 14.9. The molecule has 0 atom stereocenters. The number of halogens is 2. The summed E-state index contributed by atoms with van der Waals surface area (Å²) in [5.74, 6) is -1.47. The summed E-state index contributed by atoms with van der Waals surface area (Å²) in [6.07, 6.45) is 1.04. The molecule has 0 aliphatic carbocycles. The van der Waals surface area contributed by atoms with Gasteiger partial charge < -0.3 is 5.11 Å².